The number of amides is 1. The van der Waals surface area contributed by atoms with Crippen molar-refractivity contribution in [3.8, 4) is 0 Å². The summed E-state index contributed by atoms with van der Waals surface area (Å²) in [6.45, 7) is 1.92. The number of fused-ring (bicyclic) bond motifs is 1. The van der Waals surface area contributed by atoms with E-state index in [0.717, 1.165) is 10.2 Å². The molecule has 1 amide bonds. The van der Waals surface area contributed by atoms with E-state index in [1.807, 2.05) is 6.92 Å². The van der Waals surface area contributed by atoms with E-state index >= 15 is 0 Å². The molecule has 1 atom stereocenters. The zero-order chi connectivity index (χ0) is 13.1. The van der Waals surface area contributed by atoms with Gasteiger partial charge >= 0.3 is 0 Å². The third-order valence-corrected chi connectivity index (χ3v) is 3.69. The van der Waals surface area contributed by atoms with Crippen molar-refractivity contribution in [1.29, 1.82) is 0 Å². The van der Waals surface area contributed by atoms with Gasteiger partial charge in [-0.15, -0.1) is 11.3 Å². The fraction of sp³-hybridized carbons (Fsp3) is 0.333. The van der Waals surface area contributed by atoms with Gasteiger partial charge in [-0.25, -0.2) is 4.98 Å². The highest BCUT2D eigenvalue weighted by Gasteiger charge is 2.11. The Hall–Kier alpha value is -1.17. The van der Waals surface area contributed by atoms with E-state index in [1.54, 1.807) is 18.2 Å². The second kappa shape index (κ2) is 5.65. The summed E-state index contributed by atoms with van der Waals surface area (Å²) in [4.78, 5) is 16.1. The van der Waals surface area contributed by atoms with E-state index in [-0.39, 0.29) is 18.6 Å². The SMILES string of the molecule is C[C@H](CCO)NC(=O)c1ccc2nc(Cl)sc2c1. The topological polar surface area (TPSA) is 62.2 Å². The molecule has 0 aliphatic heterocycles. The van der Waals surface area contributed by atoms with E-state index in [1.165, 1.54) is 11.3 Å². The first kappa shape index (κ1) is 13.3. The van der Waals surface area contributed by atoms with Gasteiger partial charge in [-0.05, 0) is 31.5 Å². The molecule has 0 saturated carbocycles. The van der Waals surface area contributed by atoms with Crippen LogP contribution in [0.1, 0.15) is 23.7 Å². The number of nitrogens with zero attached hydrogens (tertiary/aromatic N) is 1. The van der Waals surface area contributed by atoms with Crippen LogP contribution in [-0.2, 0) is 0 Å². The summed E-state index contributed by atoms with van der Waals surface area (Å²) in [6.07, 6.45) is 0.542. The Bertz CT molecular complexity index is 570. The highest BCUT2D eigenvalue weighted by atomic mass is 35.5. The predicted octanol–water partition coefficient (Wildman–Crippen LogP) is 2.45. The van der Waals surface area contributed by atoms with Gasteiger partial charge in [-0.3, -0.25) is 4.79 Å². The van der Waals surface area contributed by atoms with Crippen LogP contribution in [0.4, 0.5) is 0 Å². The van der Waals surface area contributed by atoms with E-state index in [0.29, 0.717) is 16.5 Å². The van der Waals surface area contributed by atoms with Gasteiger partial charge in [0, 0.05) is 18.2 Å². The number of aromatic nitrogens is 1. The smallest absolute Gasteiger partial charge is 0.251 e. The fourth-order valence-electron chi connectivity index (χ4n) is 1.61. The summed E-state index contributed by atoms with van der Waals surface area (Å²) in [5, 5.41) is 11.6. The molecule has 0 spiro atoms. The molecule has 4 nitrogen and oxygen atoms in total. The average molecular weight is 285 g/mol. The Morgan fingerprint density at radius 2 is 2.39 bits per heavy atom. The zero-order valence-corrected chi connectivity index (χ0v) is 11.4. The van der Waals surface area contributed by atoms with Crippen LogP contribution in [0.3, 0.4) is 0 Å². The molecule has 0 aliphatic carbocycles. The van der Waals surface area contributed by atoms with Crippen molar-refractivity contribution < 1.29 is 9.90 Å². The van der Waals surface area contributed by atoms with Crippen LogP contribution in [0.2, 0.25) is 4.47 Å². The van der Waals surface area contributed by atoms with E-state index < -0.39 is 0 Å². The summed E-state index contributed by atoms with van der Waals surface area (Å²) in [5.74, 6) is -0.151. The third kappa shape index (κ3) is 2.98. The van der Waals surface area contributed by atoms with Gasteiger partial charge in [0.05, 0.1) is 10.2 Å². The minimum Gasteiger partial charge on any atom is -0.396 e. The number of hydrogen-bond acceptors (Lipinski definition) is 4. The van der Waals surface area contributed by atoms with Crippen molar-refractivity contribution in [2.24, 2.45) is 0 Å². The first-order chi connectivity index (χ1) is 8.60. The van der Waals surface area contributed by atoms with Crippen molar-refractivity contribution in [3.63, 3.8) is 0 Å². The van der Waals surface area contributed by atoms with Crippen LogP contribution in [0.25, 0.3) is 10.2 Å². The largest absolute Gasteiger partial charge is 0.396 e. The lowest BCUT2D eigenvalue weighted by Crippen LogP contribution is -2.33. The van der Waals surface area contributed by atoms with E-state index in [9.17, 15) is 4.79 Å². The standard InChI is InChI=1S/C12H13ClN2O2S/c1-7(4-5-16)14-11(17)8-2-3-9-10(6-8)18-12(13)15-9/h2-3,6-7,16H,4-5H2,1H3,(H,14,17)/t7-/m1/s1. The number of rotatable bonds is 4. The summed E-state index contributed by atoms with van der Waals surface area (Å²) in [7, 11) is 0. The summed E-state index contributed by atoms with van der Waals surface area (Å²) >= 11 is 7.17. The number of thiazole rings is 1. The van der Waals surface area contributed by atoms with Crippen LogP contribution >= 0.6 is 22.9 Å². The van der Waals surface area contributed by atoms with Crippen LogP contribution < -0.4 is 5.32 Å². The molecule has 96 valence electrons. The number of nitrogens with one attached hydrogen (secondary N) is 1. The molecule has 0 saturated heterocycles. The summed E-state index contributed by atoms with van der Waals surface area (Å²) < 4.78 is 1.36. The first-order valence-corrected chi connectivity index (χ1v) is 6.77. The van der Waals surface area contributed by atoms with Gasteiger partial charge in [0.1, 0.15) is 0 Å². The highest BCUT2D eigenvalue weighted by Crippen LogP contribution is 2.26. The number of hydrogen-bond donors (Lipinski definition) is 2. The Morgan fingerprint density at radius 3 is 3.11 bits per heavy atom. The number of carbonyl (C=O) groups excluding carboxylic acids is 1. The number of benzene rings is 1. The number of carbonyl (C=O) groups is 1. The molecular weight excluding hydrogens is 272 g/mol. The average Bonchev–Trinajstić information content (AvgIpc) is 2.68. The second-order valence-corrected chi connectivity index (χ2v) is 5.65. The summed E-state index contributed by atoms with van der Waals surface area (Å²) in [6, 6.07) is 5.23. The first-order valence-electron chi connectivity index (χ1n) is 5.58. The van der Waals surface area contributed by atoms with E-state index in [2.05, 4.69) is 10.3 Å². The maximum Gasteiger partial charge on any atom is 0.251 e. The van der Waals surface area contributed by atoms with Gasteiger partial charge in [-0.2, -0.15) is 0 Å². The number of halogens is 1. The number of aliphatic hydroxyl groups is 1. The van der Waals surface area contributed by atoms with Gasteiger partial charge in [-0.1, -0.05) is 11.6 Å². The zero-order valence-electron chi connectivity index (χ0n) is 9.81. The van der Waals surface area contributed by atoms with Crippen LogP contribution in [0, 0.1) is 0 Å². The maximum absolute atomic E-state index is 11.9. The molecule has 0 aliphatic rings. The van der Waals surface area contributed by atoms with Crippen molar-refractivity contribution in [2.75, 3.05) is 6.61 Å². The molecule has 1 aromatic heterocycles. The Balaban J connectivity index is 2.17. The minimum absolute atomic E-state index is 0.0526. The van der Waals surface area contributed by atoms with Crippen LogP contribution in [-0.4, -0.2) is 28.6 Å². The van der Waals surface area contributed by atoms with Crippen LogP contribution in [0.15, 0.2) is 18.2 Å². The predicted molar refractivity (Wildman–Crippen MR) is 73.3 cm³/mol. The van der Waals surface area contributed by atoms with Crippen molar-refractivity contribution in [3.05, 3.63) is 28.2 Å². The highest BCUT2D eigenvalue weighted by molar-refractivity contribution is 7.22. The molecule has 1 heterocycles. The molecule has 2 rings (SSSR count). The van der Waals surface area contributed by atoms with Crippen molar-refractivity contribution in [1.82, 2.24) is 10.3 Å². The molecule has 2 aromatic rings. The van der Waals surface area contributed by atoms with Crippen LogP contribution in [0.5, 0.6) is 0 Å². The maximum atomic E-state index is 11.9. The quantitative estimate of drug-likeness (QED) is 0.906. The lowest BCUT2D eigenvalue weighted by atomic mass is 10.1. The molecule has 6 heteroatoms. The van der Waals surface area contributed by atoms with E-state index in [4.69, 9.17) is 16.7 Å². The fourth-order valence-corrected chi connectivity index (χ4v) is 2.68. The Labute approximate surface area is 114 Å². The normalized spacial score (nSPS) is 12.6. The Morgan fingerprint density at radius 1 is 1.61 bits per heavy atom. The van der Waals surface area contributed by atoms with Gasteiger partial charge in [0.2, 0.25) is 0 Å². The van der Waals surface area contributed by atoms with Gasteiger partial charge in [0.15, 0.2) is 4.47 Å². The van der Waals surface area contributed by atoms with Gasteiger partial charge < -0.3 is 10.4 Å². The molecule has 18 heavy (non-hydrogen) atoms. The Kier molecular flexibility index (Phi) is 4.16. The van der Waals surface area contributed by atoms with Gasteiger partial charge in [0.25, 0.3) is 5.91 Å². The minimum atomic E-state index is -0.151. The van der Waals surface area contributed by atoms with Crippen molar-refractivity contribution in [2.45, 2.75) is 19.4 Å². The third-order valence-electron chi connectivity index (χ3n) is 2.56. The summed E-state index contributed by atoms with van der Waals surface area (Å²) in [5.41, 5.74) is 1.37. The lowest BCUT2D eigenvalue weighted by Gasteiger charge is -2.12. The second-order valence-electron chi connectivity index (χ2n) is 4.04. The van der Waals surface area contributed by atoms with Crippen molar-refractivity contribution >= 4 is 39.1 Å². The lowest BCUT2D eigenvalue weighted by molar-refractivity contribution is 0.0934. The molecule has 0 unspecified atom stereocenters. The monoisotopic (exact) mass is 284 g/mol. The molecule has 2 N–H and O–H groups in total. The molecule has 1 aromatic carbocycles. The molecule has 0 fully saturated rings. The molecule has 0 radical (unpaired) electrons. The molecule has 0 bridgehead atoms. The number of aliphatic hydroxyl groups excluding tert-OH is 1. The molecular formula is C12H13ClN2O2S.